The maximum absolute atomic E-state index is 12.1. The third kappa shape index (κ3) is 2.85. The highest BCUT2D eigenvalue weighted by Gasteiger charge is 2.39. The fourth-order valence-electron chi connectivity index (χ4n) is 2.14. The lowest BCUT2D eigenvalue weighted by atomic mass is 9.76. The molecule has 1 aromatic heterocycles. The Morgan fingerprint density at radius 1 is 1.37 bits per heavy atom. The van der Waals surface area contributed by atoms with Gasteiger partial charge in [0.1, 0.15) is 4.90 Å². The lowest BCUT2D eigenvalue weighted by Crippen LogP contribution is -2.57. The number of anilines is 1. The molecule has 0 amide bonds. The first-order valence-corrected chi connectivity index (χ1v) is 7.59. The third-order valence-corrected chi connectivity index (χ3v) is 5.14. The first-order valence-electron chi connectivity index (χ1n) is 6.10. The van der Waals surface area contributed by atoms with Gasteiger partial charge >= 0.3 is 0 Å². The Kier molecular flexibility index (Phi) is 3.75. The number of nitrogens with two attached hydrogens (primary N) is 1. The average molecular weight is 285 g/mol. The predicted octanol–water partition coefficient (Wildman–Crippen LogP) is -0.179. The van der Waals surface area contributed by atoms with Crippen LogP contribution in [0.5, 0.6) is 0 Å². The summed E-state index contributed by atoms with van der Waals surface area (Å²) in [6.07, 6.45) is 5.56. The van der Waals surface area contributed by atoms with Crippen LogP contribution in [0.2, 0.25) is 0 Å². The molecule has 1 saturated carbocycles. The molecule has 0 bridgehead atoms. The SMILES string of the molecule is CN(C)C1(CNS(=O)(=O)c2cnc(N)nc2)CCC1. The summed E-state index contributed by atoms with van der Waals surface area (Å²) in [6, 6.07) is 0. The Hall–Kier alpha value is -1.25. The summed E-state index contributed by atoms with van der Waals surface area (Å²) >= 11 is 0. The van der Waals surface area contributed by atoms with Crippen LogP contribution < -0.4 is 10.5 Å². The Bertz CT molecular complexity index is 537. The molecule has 0 saturated heterocycles. The van der Waals surface area contributed by atoms with Gasteiger partial charge in [0.2, 0.25) is 16.0 Å². The third-order valence-electron chi connectivity index (χ3n) is 3.78. The van der Waals surface area contributed by atoms with E-state index in [0.29, 0.717) is 6.54 Å². The lowest BCUT2D eigenvalue weighted by Gasteiger charge is -2.47. The predicted molar refractivity (Wildman–Crippen MR) is 71.9 cm³/mol. The maximum Gasteiger partial charge on any atom is 0.243 e. The summed E-state index contributed by atoms with van der Waals surface area (Å²) in [5, 5.41) is 0. The molecule has 0 atom stereocenters. The van der Waals surface area contributed by atoms with Crippen LogP contribution in [0.4, 0.5) is 5.95 Å². The number of nitrogens with zero attached hydrogens (tertiary/aromatic N) is 3. The minimum atomic E-state index is -3.58. The molecule has 1 aliphatic rings. The number of sulfonamides is 1. The number of hydrogen-bond donors (Lipinski definition) is 2. The highest BCUT2D eigenvalue weighted by atomic mass is 32.2. The molecule has 0 radical (unpaired) electrons. The van der Waals surface area contributed by atoms with Gasteiger partial charge in [0.15, 0.2) is 0 Å². The van der Waals surface area contributed by atoms with Crippen LogP contribution in [0, 0.1) is 0 Å². The second-order valence-corrected chi connectivity index (χ2v) is 6.84. The fraction of sp³-hybridized carbons (Fsp3) is 0.636. The average Bonchev–Trinajstić information content (AvgIpc) is 2.27. The van der Waals surface area contributed by atoms with E-state index in [9.17, 15) is 8.42 Å². The van der Waals surface area contributed by atoms with E-state index in [1.165, 1.54) is 12.4 Å². The van der Waals surface area contributed by atoms with Crippen molar-refractivity contribution in [2.45, 2.75) is 29.7 Å². The van der Waals surface area contributed by atoms with Crippen LogP contribution in [0.3, 0.4) is 0 Å². The zero-order valence-corrected chi connectivity index (χ0v) is 11.9. The Labute approximate surface area is 113 Å². The van der Waals surface area contributed by atoms with Crippen molar-refractivity contribution in [2.75, 3.05) is 26.4 Å². The quantitative estimate of drug-likeness (QED) is 0.778. The van der Waals surface area contributed by atoms with Gasteiger partial charge in [-0.1, -0.05) is 0 Å². The molecule has 0 aromatic carbocycles. The number of likely N-dealkylation sites (N-methyl/N-ethyl adjacent to an activating group) is 1. The van der Waals surface area contributed by atoms with Crippen molar-refractivity contribution >= 4 is 16.0 Å². The Morgan fingerprint density at radius 3 is 2.37 bits per heavy atom. The summed E-state index contributed by atoms with van der Waals surface area (Å²) in [5.74, 6) is 0.0581. The standard InChI is InChI=1S/C11H19N5O2S/c1-16(2)11(4-3-5-11)8-15-19(17,18)9-6-13-10(12)14-7-9/h6-7,15H,3-5,8H2,1-2H3,(H2,12,13,14). The van der Waals surface area contributed by atoms with E-state index in [4.69, 9.17) is 5.73 Å². The molecule has 0 unspecified atom stereocenters. The summed E-state index contributed by atoms with van der Waals surface area (Å²) in [4.78, 5) is 9.51. The van der Waals surface area contributed by atoms with E-state index in [1.54, 1.807) is 0 Å². The van der Waals surface area contributed by atoms with Crippen molar-refractivity contribution in [3.63, 3.8) is 0 Å². The first-order chi connectivity index (χ1) is 8.86. The summed E-state index contributed by atoms with van der Waals surface area (Å²) in [7, 11) is 0.367. The van der Waals surface area contributed by atoms with E-state index >= 15 is 0 Å². The van der Waals surface area contributed by atoms with Gasteiger partial charge in [-0.3, -0.25) is 0 Å². The van der Waals surface area contributed by atoms with Gasteiger partial charge in [0.05, 0.1) is 12.4 Å². The molecule has 19 heavy (non-hydrogen) atoms. The van der Waals surface area contributed by atoms with Crippen LogP contribution in [0.1, 0.15) is 19.3 Å². The number of nitrogens with one attached hydrogen (secondary N) is 1. The van der Waals surface area contributed by atoms with E-state index in [-0.39, 0.29) is 16.4 Å². The Morgan fingerprint density at radius 2 is 1.95 bits per heavy atom. The zero-order valence-electron chi connectivity index (χ0n) is 11.1. The molecule has 8 heteroatoms. The molecule has 2 rings (SSSR count). The highest BCUT2D eigenvalue weighted by molar-refractivity contribution is 7.89. The van der Waals surface area contributed by atoms with Crippen molar-refractivity contribution in [3.05, 3.63) is 12.4 Å². The maximum atomic E-state index is 12.1. The van der Waals surface area contributed by atoms with Gasteiger partial charge < -0.3 is 10.6 Å². The molecule has 7 nitrogen and oxygen atoms in total. The number of aromatic nitrogens is 2. The summed E-state index contributed by atoms with van der Waals surface area (Å²) in [6.45, 7) is 0.396. The van der Waals surface area contributed by atoms with Crippen molar-refractivity contribution < 1.29 is 8.42 Å². The largest absolute Gasteiger partial charge is 0.368 e. The Balaban J connectivity index is 2.08. The van der Waals surface area contributed by atoms with Crippen LogP contribution >= 0.6 is 0 Å². The molecule has 0 aliphatic heterocycles. The van der Waals surface area contributed by atoms with Crippen molar-refractivity contribution in [1.82, 2.24) is 19.6 Å². The molecule has 0 spiro atoms. The van der Waals surface area contributed by atoms with Crippen molar-refractivity contribution in [1.29, 1.82) is 0 Å². The van der Waals surface area contributed by atoms with Gasteiger partial charge in [0, 0.05) is 12.1 Å². The monoisotopic (exact) mass is 285 g/mol. The molecular weight excluding hydrogens is 266 g/mol. The van der Waals surface area contributed by atoms with Crippen LogP contribution in [0.25, 0.3) is 0 Å². The van der Waals surface area contributed by atoms with E-state index in [0.717, 1.165) is 19.3 Å². The van der Waals surface area contributed by atoms with E-state index in [2.05, 4.69) is 19.6 Å². The smallest absolute Gasteiger partial charge is 0.243 e. The molecular formula is C11H19N5O2S. The number of rotatable bonds is 5. The molecule has 1 fully saturated rings. The second-order valence-electron chi connectivity index (χ2n) is 5.07. The van der Waals surface area contributed by atoms with Crippen molar-refractivity contribution in [3.8, 4) is 0 Å². The number of nitrogen functional groups attached to an aromatic ring is 1. The van der Waals surface area contributed by atoms with Gasteiger partial charge in [-0.2, -0.15) is 0 Å². The summed E-state index contributed by atoms with van der Waals surface area (Å²) < 4.78 is 26.8. The second kappa shape index (κ2) is 5.03. The topological polar surface area (TPSA) is 101 Å². The molecule has 1 aromatic rings. The lowest BCUT2D eigenvalue weighted by molar-refractivity contribution is 0.0657. The van der Waals surface area contributed by atoms with Gasteiger partial charge in [-0.25, -0.2) is 23.1 Å². The van der Waals surface area contributed by atoms with Gasteiger partial charge in [-0.05, 0) is 33.4 Å². The van der Waals surface area contributed by atoms with Crippen LogP contribution in [-0.4, -0.2) is 49.5 Å². The number of hydrogen-bond acceptors (Lipinski definition) is 6. The molecule has 106 valence electrons. The summed E-state index contributed by atoms with van der Waals surface area (Å²) in [5.41, 5.74) is 5.27. The molecule has 1 aliphatic carbocycles. The molecule has 1 heterocycles. The minimum Gasteiger partial charge on any atom is -0.368 e. The van der Waals surface area contributed by atoms with Gasteiger partial charge in [-0.15, -0.1) is 0 Å². The van der Waals surface area contributed by atoms with Crippen LogP contribution in [0.15, 0.2) is 17.3 Å². The van der Waals surface area contributed by atoms with E-state index in [1.807, 2.05) is 14.1 Å². The van der Waals surface area contributed by atoms with E-state index < -0.39 is 10.0 Å². The van der Waals surface area contributed by atoms with Crippen LogP contribution in [-0.2, 0) is 10.0 Å². The zero-order chi connectivity index (χ0) is 14.1. The fourth-order valence-corrected chi connectivity index (χ4v) is 3.15. The van der Waals surface area contributed by atoms with Crippen molar-refractivity contribution in [2.24, 2.45) is 0 Å². The first kappa shape index (κ1) is 14.2. The normalized spacial score (nSPS) is 18.3. The highest BCUT2D eigenvalue weighted by Crippen LogP contribution is 2.35. The minimum absolute atomic E-state index is 0.0370. The molecule has 3 N–H and O–H groups in total. The van der Waals surface area contributed by atoms with Gasteiger partial charge in [0.25, 0.3) is 0 Å².